The quantitative estimate of drug-likeness (QED) is 0.309. The summed E-state index contributed by atoms with van der Waals surface area (Å²) in [7, 11) is 0. The lowest BCUT2D eigenvalue weighted by molar-refractivity contribution is -0.384. The summed E-state index contributed by atoms with van der Waals surface area (Å²) in [6.45, 7) is 2.07. The summed E-state index contributed by atoms with van der Waals surface area (Å²) >= 11 is 3.31. The molecule has 0 saturated carbocycles. The van der Waals surface area contributed by atoms with Crippen molar-refractivity contribution in [3.05, 3.63) is 80.5 Å². The van der Waals surface area contributed by atoms with Gasteiger partial charge in [-0.15, -0.1) is 0 Å². The van der Waals surface area contributed by atoms with Crippen LogP contribution in [0.5, 0.6) is 0 Å². The van der Waals surface area contributed by atoms with Crippen LogP contribution in [0.1, 0.15) is 11.3 Å². The van der Waals surface area contributed by atoms with Crippen molar-refractivity contribution in [2.45, 2.75) is 6.92 Å². The predicted octanol–water partition coefficient (Wildman–Crippen LogP) is 4.49. The van der Waals surface area contributed by atoms with Crippen LogP contribution < -0.4 is 10.7 Å². The molecule has 2 N–H and O–H groups in total. The van der Waals surface area contributed by atoms with Gasteiger partial charge >= 0.3 is 0 Å². The van der Waals surface area contributed by atoms with Crippen molar-refractivity contribution in [2.24, 2.45) is 5.10 Å². The number of nitrogens with zero attached hydrogens (tertiary/aromatic N) is 2. The highest BCUT2D eigenvalue weighted by molar-refractivity contribution is 9.10. The van der Waals surface area contributed by atoms with Crippen molar-refractivity contribution < 1.29 is 14.1 Å². The van der Waals surface area contributed by atoms with E-state index in [0.717, 1.165) is 11.3 Å². The van der Waals surface area contributed by atoms with Crippen LogP contribution in [0.25, 0.3) is 11.3 Å². The topological polar surface area (TPSA) is 110 Å². The minimum atomic E-state index is -0.467. The molecule has 1 amide bonds. The second-order valence-electron chi connectivity index (χ2n) is 6.14. The number of benzene rings is 2. The number of carbonyl (C=O) groups is 1. The van der Waals surface area contributed by atoms with Gasteiger partial charge in [0.25, 0.3) is 11.6 Å². The molecule has 3 rings (SSSR count). The highest BCUT2D eigenvalue weighted by Gasteiger charge is 2.13. The summed E-state index contributed by atoms with van der Waals surface area (Å²) in [6, 6.07) is 15.5. The third-order valence-electron chi connectivity index (χ3n) is 3.94. The van der Waals surface area contributed by atoms with Gasteiger partial charge in [0.2, 0.25) is 0 Å². The van der Waals surface area contributed by atoms with E-state index in [1.807, 2.05) is 31.2 Å². The molecule has 0 spiro atoms. The molecule has 0 aliphatic carbocycles. The molecule has 0 unspecified atom stereocenters. The Morgan fingerprint density at radius 3 is 2.66 bits per heavy atom. The van der Waals surface area contributed by atoms with Gasteiger partial charge in [0.15, 0.2) is 0 Å². The van der Waals surface area contributed by atoms with Crippen LogP contribution in [0.3, 0.4) is 0 Å². The number of furan rings is 1. The van der Waals surface area contributed by atoms with Crippen molar-refractivity contribution >= 4 is 39.4 Å². The van der Waals surface area contributed by atoms with E-state index in [-0.39, 0.29) is 18.1 Å². The first-order chi connectivity index (χ1) is 13.9. The van der Waals surface area contributed by atoms with Crippen LogP contribution >= 0.6 is 15.9 Å². The van der Waals surface area contributed by atoms with Gasteiger partial charge in [0, 0.05) is 27.9 Å². The number of hydrazone groups is 1. The molecule has 0 radical (unpaired) electrons. The van der Waals surface area contributed by atoms with Gasteiger partial charge in [-0.05, 0) is 53.2 Å². The Balaban J connectivity index is 1.55. The van der Waals surface area contributed by atoms with E-state index in [1.54, 1.807) is 18.2 Å². The van der Waals surface area contributed by atoms with E-state index in [2.05, 4.69) is 31.8 Å². The number of hydrogen-bond acceptors (Lipinski definition) is 6. The third kappa shape index (κ3) is 5.52. The molecule has 0 bridgehead atoms. The molecule has 8 nitrogen and oxygen atoms in total. The van der Waals surface area contributed by atoms with E-state index in [1.165, 1.54) is 18.3 Å². The Labute approximate surface area is 174 Å². The average Bonchev–Trinajstić information content (AvgIpc) is 3.16. The maximum Gasteiger partial charge on any atom is 0.270 e. The second-order valence-corrected chi connectivity index (χ2v) is 6.99. The average molecular weight is 457 g/mol. The van der Waals surface area contributed by atoms with Crippen molar-refractivity contribution in [3.63, 3.8) is 0 Å². The fraction of sp³-hybridized carbons (Fsp3) is 0.100. The van der Waals surface area contributed by atoms with Gasteiger partial charge in [-0.3, -0.25) is 14.9 Å². The highest BCUT2D eigenvalue weighted by atomic mass is 79.9. The first kappa shape index (κ1) is 20.3. The van der Waals surface area contributed by atoms with Crippen LogP contribution in [-0.2, 0) is 4.79 Å². The molecule has 1 aromatic heterocycles. The number of anilines is 1. The number of nitrogens with one attached hydrogen (secondary N) is 2. The lowest BCUT2D eigenvalue weighted by Crippen LogP contribution is -2.25. The van der Waals surface area contributed by atoms with Gasteiger partial charge in [-0.25, -0.2) is 5.43 Å². The van der Waals surface area contributed by atoms with Crippen molar-refractivity contribution in [1.82, 2.24) is 5.43 Å². The first-order valence-electron chi connectivity index (χ1n) is 8.59. The SMILES string of the molecule is Cc1ccc(NCC(=O)N/N=C\c2ccc(-c3ccc([N+](=O)[O-])cc3Br)o2)cc1. The third-order valence-corrected chi connectivity index (χ3v) is 4.60. The minimum absolute atomic E-state index is 0.0177. The molecule has 0 aliphatic heterocycles. The number of nitro benzene ring substituents is 1. The van der Waals surface area contributed by atoms with Gasteiger partial charge < -0.3 is 9.73 Å². The van der Waals surface area contributed by atoms with Crippen LogP contribution in [0.2, 0.25) is 0 Å². The van der Waals surface area contributed by atoms with Gasteiger partial charge in [-0.2, -0.15) is 5.10 Å². The molecule has 0 atom stereocenters. The fourth-order valence-corrected chi connectivity index (χ4v) is 3.01. The summed E-state index contributed by atoms with van der Waals surface area (Å²) in [5.74, 6) is 0.643. The monoisotopic (exact) mass is 456 g/mol. The van der Waals surface area contributed by atoms with E-state index in [4.69, 9.17) is 4.42 Å². The summed E-state index contributed by atoms with van der Waals surface area (Å²) in [5, 5.41) is 17.7. The molecule has 1 heterocycles. The Bertz CT molecular complexity index is 1060. The van der Waals surface area contributed by atoms with E-state index >= 15 is 0 Å². The number of carbonyl (C=O) groups excluding carboxylic acids is 1. The van der Waals surface area contributed by atoms with Crippen molar-refractivity contribution in [1.29, 1.82) is 0 Å². The number of aryl methyl sites for hydroxylation is 1. The van der Waals surface area contributed by atoms with Gasteiger partial charge in [0.05, 0.1) is 17.7 Å². The van der Waals surface area contributed by atoms with Crippen LogP contribution in [-0.4, -0.2) is 23.6 Å². The second kappa shape index (κ2) is 9.16. The normalized spacial score (nSPS) is 10.8. The number of non-ortho nitro benzene ring substituents is 1. The van der Waals surface area contributed by atoms with Crippen molar-refractivity contribution in [3.8, 4) is 11.3 Å². The Kier molecular flexibility index (Phi) is 6.40. The maximum atomic E-state index is 11.9. The molecule has 2 aromatic carbocycles. The Morgan fingerprint density at radius 2 is 1.97 bits per heavy atom. The summed E-state index contributed by atoms with van der Waals surface area (Å²) in [5.41, 5.74) is 5.06. The first-order valence-corrected chi connectivity index (χ1v) is 9.38. The molecule has 29 heavy (non-hydrogen) atoms. The summed E-state index contributed by atoms with van der Waals surface area (Å²) < 4.78 is 6.20. The number of amides is 1. The molecule has 0 aliphatic rings. The van der Waals surface area contributed by atoms with Crippen LogP contribution in [0.4, 0.5) is 11.4 Å². The molecular formula is C20H17BrN4O4. The van der Waals surface area contributed by atoms with E-state index in [0.29, 0.717) is 21.6 Å². The zero-order valence-corrected chi connectivity index (χ0v) is 17.0. The lowest BCUT2D eigenvalue weighted by atomic mass is 10.1. The van der Waals surface area contributed by atoms with Crippen LogP contribution in [0.15, 0.2) is 68.6 Å². The van der Waals surface area contributed by atoms with Crippen molar-refractivity contribution in [2.75, 3.05) is 11.9 Å². The molecule has 9 heteroatoms. The number of halogens is 1. The molecule has 3 aromatic rings. The molecule has 148 valence electrons. The molecular weight excluding hydrogens is 440 g/mol. The Hall–Kier alpha value is -3.46. The number of nitro groups is 1. The fourth-order valence-electron chi connectivity index (χ4n) is 2.45. The zero-order chi connectivity index (χ0) is 20.8. The lowest BCUT2D eigenvalue weighted by Gasteiger charge is -2.05. The summed E-state index contributed by atoms with van der Waals surface area (Å²) in [4.78, 5) is 22.2. The minimum Gasteiger partial charge on any atom is -0.455 e. The van der Waals surface area contributed by atoms with E-state index < -0.39 is 4.92 Å². The van der Waals surface area contributed by atoms with Gasteiger partial charge in [0.1, 0.15) is 11.5 Å². The van der Waals surface area contributed by atoms with E-state index in [9.17, 15) is 14.9 Å². The Morgan fingerprint density at radius 1 is 1.21 bits per heavy atom. The number of rotatable bonds is 7. The molecule has 0 saturated heterocycles. The summed E-state index contributed by atoms with van der Waals surface area (Å²) in [6.07, 6.45) is 1.38. The van der Waals surface area contributed by atoms with Gasteiger partial charge in [-0.1, -0.05) is 17.7 Å². The van der Waals surface area contributed by atoms with Crippen LogP contribution in [0, 0.1) is 17.0 Å². The smallest absolute Gasteiger partial charge is 0.270 e. The molecule has 0 fully saturated rings. The highest BCUT2D eigenvalue weighted by Crippen LogP contribution is 2.32. The zero-order valence-electron chi connectivity index (χ0n) is 15.4. The standard InChI is InChI=1S/C20H17BrN4O4/c1-13-2-4-14(5-3-13)22-12-20(26)24-23-11-16-7-9-19(29-16)17-8-6-15(25(27)28)10-18(17)21/h2-11,22H,12H2,1H3,(H,24,26)/b23-11-. The predicted molar refractivity (Wildman–Crippen MR) is 114 cm³/mol. The largest absolute Gasteiger partial charge is 0.455 e. The number of hydrogen-bond donors (Lipinski definition) is 2. The maximum absolute atomic E-state index is 11.9.